The fourth-order valence-electron chi connectivity index (χ4n) is 8.78. The van der Waals surface area contributed by atoms with Crippen molar-refractivity contribution in [1.29, 1.82) is 0 Å². The number of nitrogens with zero attached hydrogens (tertiary/aromatic N) is 3. The smallest absolute Gasteiger partial charge is 0.326 e. The van der Waals surface area contributed by atoms with Gasteiger partial charge in [-0.25, -0.2) is 13.6 Å². The predicted molar refractivity (Wildman–Crippen MR) is 299 cm³/mol. The zero-order chi connectivity index (χ0) is 63.3. The van der Waals surface area contributed by atoms with Crippen LogP contribution in [0.5, 0.6) is 0 Å². The molecule has 0 aliphatic carbocycles. The number of nitrogens with one attached hydrogen (secondary N) is 5. The molecule has 470 valence electrons. The maximum atomic E-state index is 15.4. The van der Waals surface area contributed by atoms with Gasteiger partial charge in [0.15, 0.2) is 0 Å². The van der Waals surface area contributed by atoms with Crippen LogP contribution >= 0.6 is 0 Å². The van der Waals surface area contributed by atoms with Crippen LogP contribution in [-0.2, 0) is 78.2 Å². The maximum absolute atomic E-state index is 15.4. The van der Waals surface area contributed by atoms with E-state index in [4.69, 9.17) is 29.8 Å². The molecule has 0 fully saturated rings. The van der Waals surface area contributed by atoms with E-state index in [1.54, 1.807) is 55.8 Å². The number of carboxylic acid groups (broad SMARTS) is 2. The molecule has 0 radical (unpaired) electrons. The Morgan fingerprint density at radius 3 is 1.87 bits per heavy atom. The summed E-state index contributed by atoms with van der Waals surface area (Å²) in [7, 11) is 0. The van der Waals surface area contributed by atoms with Gasteiger partial charge in [-0.3, -0.25) is 52.8 Å². The number of halogens is 2. The lowest BCUT2D eigenvalue weighted by molar-refractivity contribution is -0.143. The average Bonchev–Trinajstić information content (AvgIpc) is 1.75. The predicted octanol–water partition coefficient (Wildman–Crippen LogP) is 0.0630. The third-order valence-electron chi connectivity index (χ3n) is 12.9. The number of carbonyl (C=O) groups excluding carboxylic acids is 9. The molecule has 0 saturated heterocycles. The first-order valence-corrected chi connectivity index (χ1v) is 27.5. The first-order chi connectivity index (χ1) is 40.9. The zero-order valence-corrected chi connectivity index (χ0v) is 48.0. The Labute approximate surface area is 494 Å². The van der Waals surface area contributed by atoms with E-state index in [9.17, 15) is 67.3 Å². The molecule has 0 bridgehead atoms. The van der Waals surface area contributed by atoms with Crippen LogP contribution in [0.2, 0.25) is 0 Å². The Balaban J connectivity index is 1.41. The second kappa shape index (κ2) is 35.7. The fraction of sp³-hybridized carbons (Fsp3) is 0.491. The van der Waals surface area contributed by atoms with Crippen LogP contribution in [0.25, 0.3) is 11.1 Å². The number of carboxylic acids is 2. The van der Waals surface area contributed by atoms with Crippen LogP contribution < -0.4 is 32.3 Å². The van der Waals surface area contributed by atoms with E-state index >= 15 is 4.39 Å². The molecule has 1 aromatic heterocycles. The van der Waals surface area contributed by atoms with Crippen molar-refractivity contribution in [2.24, 2.45) is 11.1 Å². The van der Waals surface area contributed by atoms with Crippen LogP contribution in [0.15, 0.2) is 72.9 Å². The van der Waals surface area contributed by atoms with Gasteiger partial charge in [0.05, 0.1) is 65.3 Å². The summed E-state index contributed by atoms with van der Waals surface area (Å²) in [5.41, 5.74) is 5.93. The van der Waals surface area contributed by atoms with E-state index in [0.29, 0.717) is 5.69 Å². The van der Waals surface area contributed by atoms with Gasteiger partial charge in [-0.2, -0.15) is 0 Å². The topological polar surface area (TPSA) is 383 Å². The summed E-state index contributed by atoms with van der Waals surface area (Å²) in [6, 6.07) is 7.76. The van der Waals surface area contributed by atoms with Crippen molar-refractivity contribution in [1.82, 2.24) is 41.0 Å². The minimum atomic E-state index is -1.67. The molecule has 3 aromatic rings. The van der Waals surface area contributed by atoms with Crippen molar-refractivity contribution in [3.8, 4) is 11.1 Å². The summed E-state index contributed by atoms with van der Waals surface area (Å²) in [5, 5.41) is 41.1. The van der Waals surface area contributed by atoms with Crippen LogP contribution in [0, 0.1) is 17.0 Å². The van der Waals surface area contributed by atoms with Crippen molar-refractivity contribution in [3.63, 3.8) is 0 Å². The van der Waals surface area contributed by atoms with Gasteiger partial charge in [-0.05, 0) is 48.1 Å². The number of hydrogen-bond donors (Lipinski definition) is 9. The standard InChI is InChI=1S/C57H75F2N9O18/c1-57(2,3)53(44-29-37(39-30-38(58)9-10-40(39)59)33-66(44)32-36-7-5-4-6-8-36)67(51(76)35-69)20-16-41(54(79)62-18-15-46(71)63-42(56(81)82)11-14-52(77)78)65-55(80)43(31-45(60)70)64-47(72)17-21-83-23-25-85-27-28-86-26-24-84-22-19-61-48(73)34-68-49(74)12-13-50(68)75/h4-10,12-13,29-30,33,41-43,53,69H,11,14-28,31-32,34-35H2,1-3H3,(H2,60,70)(H,61,73)(H,62,79)(H,63,71)(H,64,72)(H,65,80)(H,77,78)(H,81,82)/t41-,42+,43-,53-/m0/s1. The second-order valence-corrected chi connectivity index (χ2v) is 20.6. The number of ether oxygens (including phenoxy) is 4. The molecule has 4 rings (SSSR count). The first kappa shape index (κ1) is 70.0. The molecule has 4 atom stereocenters. The van der Waals surface area contributed by atoms with Crippen LogP contribution in [0.1, 0.15) is 76.6 Å². The van der Waals surface area contributed by atoms with Crippen LogP contribution in [-0.4, -0.2) is 199 Å². The number of nitrogens with two attached hydrogens (primary N) is 1. The average molecular weight is 1210 g/mol. The summed E-state index contributed by atoms with van der Waals surface area (Å²) < 4.78 is 53.5. The van der Waals surface area contributed by atoms with E-state index < -0.39 is 165 Å². The van der Waals surface area contributed by atoms with Crippen molar-refractivity contribution in [3.05, 3.63) is 95.8 Å². The summed E-state index contributed by atoms with van der Waals surface area (Å²) >= 11 is 0. The second-order valence-electron chi connectivity index (χ2n) is 20.6. The molecule has 1 aliphatic heterocycles. The number of primary amides is 1. The number of aromatic nitrogens is 1. The number of carbonyl (C=O) groups is 11. The first-order valence-electron chi connectivity index (χ1n) is 27.5. The minimum absolute atomic E-state index is 0.0463. The lowest BCUT2D eigenvalue weighted by Crippen LogP contribution is -2.56. The summed E-state index contributed by atoms with van der Waals surface area (Å²) in [5.74, 6) is -11.5. The Morgan fingerprint density at radius 2 is 1.28 bits per heavy atom. The zero-order valence-electron chi connectivity index (χ0n) is 48.0. The lowest BCUT2D eigenvalue weighted by atomic mass is 9.82. The monoisotopic (exact) mass is 1210 g/mol. The molecule has 29 heteroatoms. The van der Waals surface area contributed by atoms with Gasteiger partial charge < -0.3 is 76.1 Å². The Morgan fingerprint density at radius 1 is 0.674 bits per heavy atom. The molecular formula is C57H75F2N9O18. The number of imide groups is 1. The molecule has 1 aliphatic rings. The normalized spacial score (nSPS) is 13.5. The van der Waals surface area contributed by atoms with E-state index in [2.05, 4.69) is 26.6 Å². The number of aliphatic hydroxyl groups excluding tert-OH is 1. The SMILES string of the molecule is CC(C)(C)[C@H](c1cc(-c2cc(F)ccc2F)cn1Cc1ccccc1)N(CC[C@H](NC(=O)[C@H](CC(N)=O)NC(=O)CCOCCOCCOCCOCCNC(=O)CN1C(=O)C=CC1=O)C(=O)NCCC(=O)N[C@H](CCC(=O)O)C(=O)O)C(=O)CO. The van der Waals surface area contributed by atoms with Crippen LogP contribution in [0.4, 0.5) is 8.78 Å². The van der Waals surface area contributed by atoms with Gasteiger partial charge in [0.25, 0.3) is 11.8 Å². The number of aliphatic carboxylic acids is 2. The highest BCUT2D eigenvalue weighted by atomic mass is 19.1. The number of aliphatic hydroxyl groups is 1. The van der Waals surface area contributed by atoms with E-state index in [1.807, 2.05) is 12.1 Å². The molecule has 2 aromatic carbocycles. The van der Waals surface area contributed by atoms with Gasteiger partial charge in [0.1, 0.15) is 42.9 Å². The third-order valence-corrected chi connectivity index (χ3v) is 12.9. The van der Waals surface area contributed by atoms with Crippen molar-refractivity contribution in [2.75, 3.05) is 85.6 Å². The quantitative estimate of drug-likeness (QED) is 0.0269. The van der Waals surface area contributed by atoms with Crippen LogP contribution in [0.3, 0.4) is 0 Å². The van der Waals surface area contributed by atoms with Crippen molar-refractivity contribution >= 4 is 65.1 Å². The van der Waals surface area contributed by atoms with Gasteiger partial charge >= 0.3 is 11.9 Å². The molecule has 0 spiro atoms. The third kappa shape index (κ3) is 24.2. The molecule has 86 heavy (non-hydrogen) atoms. The van der Waals surface area contributed by atoms with Crippen molar-refractivity contribution < 1.29 is 95.8 Å². The molecule has 0 saturated carbocycles. The van der Waals surface area contributed by atoms with Crippen molar-refractivity contribution in [2.45, 2.75) is 90.0 Å². The minimum Gasteiger partial charge on any atom is -0.481 e. The van der Waals surface area contributed by atoms with Gasteiger partial charge in [-0.1, -0.05) is 51.1 Å². The Bertz CT molecular complexity index is 2850. The highest BCUT2D eigenvalue weighted by molar-refractivity contribution is 6.14. The largest absolute Gasteiger partial charge is 0.481 e. The van der Waals surface area contributed by atoms with E-state index in [0.717, 1.165) is 40.8 Å². The molecule has 27 nitrogen and oxygen atoms in total. The van der Waals surface area contributed by atoms with E-state index in [1.165, 1.54) is 4.90 Å². The molecule has 0 unspecified atom stereocenters. The Hall–Kier alpha value is -8.51. The molecule has 9 amide bonds. The van der Waals surface area contributed by atoms with Gasteiger partial charge in [0, 0.05) is 80.6 Å². The highest BCUT2D eigenvalue weighted by Gasteiger charge is 2.39. The summed E-state index contributed by atoms with van der Waals surface area (Å²) in [4.78, 5) is 141. The Kier molecular flexibility index (Phi) is 29.1. The molecular weight excluding hydrogens is 1140 g/mol. The number of rotatable bonds is 40. The lowest BCUT2D eigenvalue weighted by Gasteiger charge is -2.41. The molecule has 10 N–H and O–H groups in total. The van der Waals surface area contributed by atoms with E-state index in [-0.39, 0.29) is 83.5 Å². The number of amides is 9. The van der Waals surface area contributed by atoms with Gasteiger partial charge in [-0.15, -0.1) is 0 Å². The summed E-state index contributed by atoms with van der Waals surface area (Å²) in [6.07, 6.45) is 0.715. The maximum Gasteiger partial charge on any atom is 0.326 e. The highest BCUT2D eigenvalue weighted by Crippen LogP contribution is 2.41. The summed E-state index contributed by atoms with van der Waals surface area (Å²) in [6.45, 7) is 4.32. The fourth-order valence-corrected chi connectivity index (χ4v) is 8.78. The number of hydrogen-bond acceptors (Lipinski definition) is 16. The molecule has 2 heterocycles. The number of benzene rings is 2. The van der Waals surface area contributed by atoms with Gasteiger partial charge in [0.2, 0.25) is 41.4 Å².